The maximum atomic E-state index is 4.60. The van der Waals surface area contributed by atoms with Crippen molar-refractivity contribution in [1.29, 1.82) is 0 Å². The van der Waals surface area contributed by atoms with E-state index in [2.05, 4.69) is 40.3 Å². The van der Waals surface area contributed by atoms with E-state index in [0.29, 0.717) is 6.67 Å². The van der Waals surface area contributed by atoms with Crippen LogP contribution in [0.4, 0.5) is 0 Å². The summed E-state index contributed by atoms with van der Waals surface area (Å²) in [4.78, 5) is 10.1. The number of hydrazine groups is 1. The average molecular weight is 276 g/mol. The van der Waals surface area contributed by atoms with Gasteiger partial charge in [-0.05, 0) is 6.92 Å². The van der Waals surface area contributed by atoms with E-state index in [1.165, 1.54) is 0 Å². The molecule has 0 radical (unpaired) electrons. The van der Waals surface area contributed by atoms with Gasteiger partial charge in [-0.1, -0.05) is 43.1 Å². The number of nitrogens with one attached hydrogen (secondary N) is 1. The Morgan fingerprint density at radius 3 is 2.78 bits per heavy atom. The molecule has 0 saturated carbocycles. The minimum atomic E-state index is 0.552. The molecule has 6 heteroatoms. The molecule has 2 heterocycles. The number of rotatable bonds is 2. The molecule has 0 spiro atoms. The number of thiol groups is 1. The second kappa shape index (κ2) is 4.72. The zero-order chi connectivity index (χ0) is 12.5. The molecule has 0 fully saturated rings. The summed E-state index contributed by atoms with van der Waals surface area (Å²) < 4.78 is 1.65. The number of aromatic nitrogens is 1. The standard InChI is InChI=1S/C12H12N4S2/c1-8-10(11-13-7-16(17)15-11)18-12(14-8)9-5-3-2-4-6-9/h2-6,17H,7H2,1H3,(H,13,15). The molecule has 0 amide bonds. The van der Waals surface area contributed by atoms with Crippen LogP contribution in [0.3, 0.4) is 0 Å². The van der Waals surface area contributed by atoms with Crippen LogP contribution in [0, 0.1) is 6.92 Å². The number of hydrogen-bond donors (Lipinski definition) is 2. The first kappa shape index (κ1) is 11.7. The quantitative estimate of drug-likeness (QED) is 0.828. The first-order valence-corrected chi connectivity index (χ1v) is 6.76. The van der Waals surface area contributed by atoms with Gasteiger partial charge in [0.2, 0.25) is 0 Å². The van der Waals surface area contributed by atoms with Gasteiger partial charge in [0, 0.05) is 5.56 Å². The lowest BCUT2D eigenvalue weighted by molar-refractivity contribution is 0.488. The third-order valence-electron chi connectivity index (χ3n) is 2.63. The van der Waals surface area contributed by atoms with Gasteiger partial charge in [-0.15, -0.1) is 15.8 Å². The largest absolute Gasteiger partial charge is 0.291 e. The van der Waals surface area contributed by atoms with Crippen LogP contribution in [0.2, 0.25) is 0 Å². The number of hydrogen-bond acceptors (Lipinski definition) is 6. The van der Waals surface area contributed by atoms with Crippen LogP contribution in [-0.4, -0.2) is 21.9 Å². The van der Waals surface area contributed by atoms with Crippen molar-refractivity contribution in [3.05, 3.63) is 40.9 Å². The van der Waals surface area contributed by atoms with Crippen molar-refractivity contribution in [3.63, 3.8) is 0 Å². The fourth-order valence-corrected chi connectivity index (χ4v) is 2.96. The second-order valence-corrected chi connectivity index (χ2v) is 5.44. The van der Waals surface area contributed by atoms with E-state index in [9.17, 15) is 0 Å². The van der Waals surface area contributed by atoms with Gasteiger partial charge in [0.25, 0.3) is 0 Å². The molecule has 92 valence electrons. The summed E-state index contributed by atoms with van der Waals surface area (Å²) in [5, 5.41) is 1.02. The summed E-state index contributed by atoms with van der Waals surface area (Å²) in [6.07, 6.45) is 0. The Balaban J connectivity index is 1.97. The fraction of sp³-hybridized carbons (Fsp3) is 0.167. The molecule has 0 bridgehead atoms. The van der Waals surface area contributed by atoms with Crippen LogP contribution in [0.15, 0.2) is 35.3 Å². The van der Waals surface area contributed by atoms with Gasteiger partial charge in [0.05, 0.1) is 10.6 Å². The van der Waals surface area contributed by atoms with Gasteiger partial charge in [-0.25, -0.2) is 9.98 Å². The number of thiazole rings is 1. The lowest BCUT2D eigenvalue weighted by atomic mass is 10.2. The van der Waals surface area contributed by atoms with Crippen molar-refractivity contribution in [2.75, 3.05) is 6.67 Å². The van der Waals surface area contributed by atoms with Crippen molar-refractivity contribution in [2.24, 2.45) is 4.99 Å². The maximum Gasteiger partial charge on any atom is 0.157 e. The summed E-state index contributed by atoms with van der Waals surface area (Å²) in [5.41, 5.74) is 5.23. The third-order valence-corrected chi connectivity index (χ3v) is 4.07. The number of benzene rings is 1. The van der Waals surface area contributed by atoms with Gasteiger partial charge in [-0.2, -0.15) is 0 Å². The van der Waals surface area contributed by atoms with E-state index in [1.54, 1.807) is 15.8 Å². The van der Waals surface area contributed by atoms with Gasteiger partial charge >= 0.3 is 0 Å². The summed E-state index contributed by atoms with van der Waals surface area (Å²) in [6, 6.07) is 10.2. The highest BCUT2D eigenvalue weighted by Gasteiger charge is 2.19. The lowest BCUT2D eigenvalue weighted by Crippen LogP contribution is -2.28. The molecule has 2 aromatic rings. The molecule has 0 atom stereocenters. The normalized spacial score (nSPS) is 15.6. The topological polar surface area (TPSA) is 40.5 Å². The van der Waals surface area contributed by atoms with Gasteiger partial charge in [0.1, 0.15) is 11.7 Å². The number of aliphatic imine (C=N–C) groups is 1. The van der Waals surface area contributed by atoms with E-state index in [4.69, 9.17) is 0 Å². The monoisotopic (exact) mass is 276 g/mol. The van der Waals surface area contributed by atoms with Crippen LogP contribution < -0.4 is 5.43 Å². The maximum absolute atomic E-state index is 4.60. The zero-order valence-corrected chi connectivity index (χ0v) is 11.5. The number of nitrogens with zero attached hydrogens (tertiary/aromatic N) is 3. The van der Waals surface area contributed by atoms with Crippen LogP contribution in [-0.2, 0) is 0 Å². The van der Waals surface area contributed by atoms with E-state index in [1.807, 2.05) is 25.1 Å². The Kier molecular flexibility index (Phi) is 3.07. The van der Waals surface area contributed by atoms with Crippen LogP contribution >= 0.6 is 24.2 Å². The molecule has 1 aromatic heterocycles. The van der Waals surface area contributed by atoms with Crippen LogP contribution in [0.25, 0.3) is 10.6 Å². The molecule has 3 rings (SSSR count). The SMILES string of the molecule is Cc1nc(-c2ccccc2)sc1C1=NCN(S)N1. The van der Waals surface area contributed by atoms with Crippen LogP contribution in [0.5, 0.6) is 0 Å². The minimum absolute atomic E-state index is 0.552. The zero-order valence-electron chi connectivity index (χ0n) is 9.79. The molecule has 0 saturated heterocycles. The molecule has 1 aliphatic rings. The van der Waals surface area contributed by atoms with Crippen molar-refractivity contribution in [2.45, 2.75) is 6.92 Å². The molecule has 4 nitrogen and oxygen atoms in total. The first-order valence-electron chi connectivity index (χ1n) is 5.55. The van der Waals surface area contributed by atoms with Crippen molar-refractivity contribution < 1.29 is 0 Å². The molecule has 0 unspecified atom stereocenters. The van der Waals surface area contributed by atoms with Crippen molar-refractivity contribution >= 4 is 30.0 Å². The first-order chi connectivity index (χ1) is 8.74. The van der Waals surface area contributed by atoms with Crippen molar-refractivity contribution in [1.82, 2.24) is 14.8 Å². The molecular weight excluding hydrogens is 264 g/mol. The summed E-state index contributed by atoms with van der Waals surface area (Å²) in [7, 11) is 0. The Morgan fingerprint density at radius 1 is 1.33 bits per heavy atom. The Hall–Kier alpha value is -1.37. The highest BCUT2D eigenvalue weighted by Crippen LogP contribution is 2.28. The predicted molar refractivity (Wildman–Crippen MR) is 77.7 cm³/mol. The van der Waals surface area contributed by atoms with Gasteiger partial charge < -0.3 is 0 Å². The molecule has 1 N–H and O–H groups in total. The Morgan fingerprint density at radius 2 is 2.11 bits per heavy atom. The second-order valence-electron chi connectivity index (χ2n) is 3.96. The van der Waals surface area contributed by atoms with E-state index in [-0.39, 0.29) is 0 Å². The van der Waals surface area contributed by atoms with Gasteiger partial charge in [-0.3, -0.25) is 5.43 Å². The Labute approximate surface area is 115 Å². The number of aryl methyl sites for hydroxylation is 1. The fourth-order valence-electron chi connectivity index (χ4n) is 1.77. The molecule has 1 aromatic carbocycles. The van der Waals surface area contributed by atoms with Crippen LogP contribution in [0.1, 0.15) is 10.6 Å². The number of amidine groups is 1. The van der Waals surface area contributed by atoms with E-state index in [0.717, 1.165) is 27.0 Å². The Bertz CT molecular complexity index is 591. The molecule has 0 aliphatic carbocycles. The molecule has 18 heavy (non-hydrogen) atoms. The highest BCUT2D eigenvalue weighted by atomic mass is 32.1. The lowest BCUT2D eigenvalue weighted by Gasteiger charge is -2.05. The highest BCUT2D eigenvalue weighted by molar-refractivity contribution is 7.77. The summed E-state index contributed by atoms with van der Waals surface area (Å²) >= 11 is 5.85. The summed E-state index contributed by atoms with van der Waals surface area (Å²) in [6.45, 7) is 2.56. The van der Waals surface area contributed by atoms with E-state index >= 15 is 0 Å². The third kappa shape index (κ3) is 2.14. The van der Waals surface area contributed by atoms with Crippen molar-refractivity contribution in [3.8, 4) is 10.6 Å². The predicted octanol–water partition coefficient (Wildman–Crippen LogP) is 2.49. The molecule has 1 aliphatic heterocycles. The minimum Gasteiger partial charge on any atom is -0.291 e. The smallest absolute Gasteiger partial charge is 0.157 e. The molecular formula is C12H12N4S2. The van der Waals surface area contributed by atoms with Gasteiger partial charge in [0.15, 0.2) is 5.84 Å². The average Bonchev–Trinajstić information content (AvgIpc) is 2.97. The summed E-state index contributed by atoms with van der Waals surface area (Å²) in [5.74, 6) is 0.849. The van der Waals surface area contributed by atoms with E-state index < -0.39 is 0 Å².